The van der Waals surface area contributed by atoms with Crippen LogP contribution >= 0.6 is 12.2 Å². The number of anilines is 1. The lowest BCUT2D eigenvalue weighted by Crippen LogP contribution is -2.13. The Morgan fingerprint density at radius 1 is 1.06 bits per heavy atom. The third-order valence-electron chi connectivity index (χ3n) is 5.58. The lowest BCUT2D eigenvalue weighted by Gasteiger charge is -2.20. The van der Waals surface area contributed by atoms with Crippen LogP contribution in [0.25, 0.3) is 0 Å². The SMILES string of the molecule is C=CN(C=C(C)C)c1ccc(C(=N)c2cccn(C(C)c3ccc(C)cc3)c2=S)cc1C.CC. The van der Waals surface area contributed by atoms with E-state index in [4.69, 9.17) is 17.6 Å². The van der Waals surface area contributed by atoms with Crippen LogP contribution in [0.2, 0.25) is 0 Å². The molecule has 0 fully saturated rings. The zero-order valence-electron chi connectivity index (χ0n) is 21.5. The predicted molar refractivity (Wildman–Crippen MR) is 151 cm³/mol. The van der Waals surface area contributed by atoms with Gasteiger partial charge in [0.05, 0.1) is 11.8 Å². The molecule has 0 aliphatic rings. The Balaban J connectivity index is 0.00000199. The van der Waals surface area contributed by atoms with Gasteiger partial charge in [-0.1, -0.05) is 74.1 Å². The first-order valence-corrected chi connectivity index (χ1v) is 12.2. The van der Waals surface area contributed by atoms with E-state index in [2.05, 4.69) is 70.0 Å². The second-order valence-corrected chi connectivity index (χ2v) is 8.78. The largest absolute Gasteiger partial charge is 0.331 e. The quantitative estimate of drug-likeness (QED) is 0.276. The molecule has 3 nitrogen and oxygen atoms in total. The Morgan fingerprint density at radius 3 is 2.26 bits per heavy atom. The summed E-state index contributed by atoms with van der Waals surface area (Å²) in [6.07, 6.45) is 5.85. The number of allylic oxidation sites excluding steroid dienone is 1. The van der Waals surface area contributed by atoms with Gasteiger partial charge < -0.3 is 9.47 Å². The van der Waals surface area contributed by atoms with E-state index in [9.17, 15) is 0 Å². The van der Waals surface area contributed by atoms with E-state index >= 15 is 0 Å². The number of rotatable bonds is 7. The number of nitrogens with one attached hydrogen (secondary N) is 1. The van der Waals surface area contributed by atoms with E-state index in [0.29, 0.717) is 10.4 Å². The molecule has 3 rings (SSSR count). The molecule has 1 atom stereocenters. The number of hydrogen-bond donors (Lipinski definition) is 1. The maximum atomic E-state index is 8.89. The van der Waals surface area contributed by atoms with Gasteiger partial charge >= 0.3 is 0 Å². The maximum absolute atomic E-state index is 8.89. The van der Waals surface area contributed by atoms with Crippen molar-refractivity contribution < 1.29 is 0 Å². The average Bonchev–Trinajstić information content (AvgIpc) is 2.83. The van der Waals surface area contributed by atoms with E-state index < -0.39 is 0 Å². The predicted octanol–water partition coefficient (Wildman–Crippen LogP) is 8.76. The number of nitrogens with zero attached hydrogens (tertiary/aromatic N) is 2. The summed E-state index contributed by atoms with van der Waals surface area (Å²) < 4.78 is 2.74. The molecule has 0 aliphatic heterocycles. The van der Waals surface area contributed by atoms with Crippen LogP contribution in [0.1, 0.15) is 68.5 Å². The summed E-state index contributed by atoms with van der Waals surface area (Å²) in [6, 6.07) is 18.6. The molecule has 4 heteroatoms. The van der Waals surface area contributed by atoms with Gasteiger partial charge in [-0.2, -0.15) is 0 Å². The summed E-state index contributed by atoms with van der Waals surface area (Å²) in [6.45, 7) is 18.3. The van der Waals surface area contributed by atoms with Gasteiger partial charge in [0.15, 0.2) is 0 Å². The Morgan fingerprint density at radius 2 is 1.71 bits per heavy atom. The molecule has 0 spiro atoms. The molecule has 178 valence electrons. The molecule has 2 aromatic carbocycles. The van der Waals surface area contributed by atoms with Crippen LogP contribution in [-0.4, -0.2) is 10.3 Å². The van der Waals surface area contributed by atoms with Crippen LogP contribution in [0, 0.1) is 23.9 Å². The van der Waals surface area contributed by atoms with Gasteiger partial charge in [-0.3, -0.25) is 5.41 Å². The van der Waals surface area contributed by atoms with Crippen molar-refractivity contribution in [2.45, 2.75) is 54.5 Å². The lowest BCUT2D eigenvalue weighted by molar-refractivity contribution is 0.626. The standard InChI is InChI=1S/C28H31N3S.C2H6/c1-7-30(18-19(2)3)26-15-14-24(17-21(26)5)27(29)25-9-8-16-31(28(25)32)22(6)23-12-10-20(4)11-13-23;1-2/h7-18,22,29H,1H2,2-6H3;1-2H3. The molecule has 3 aromatic rings. The molecule has 0 saturated heterocycles. The fourth-order valence-corrected chi connectivity index (χ4v) is 4.15. The maximum Gasteiger partial charge on any atom is 0.115 e. The van der Waals surface area contributed by atoms with Gasteiger partial charge in [0, 0.05) is 35.4 Å². The minimum absolute atomic E-state index is 0.0881. The fraction of sp³-hybridized carbons (Fsp3) is 0.267. The summed E-state index contributed by atoms with van der Waals surface area (Å²) in [4.78, 5) is 2.01. The molecule has 0 amide bonds. The molecule has 1 heterocycles. The average molecular weight is 472 g/mol. The van der Waals surface area contributed by atoms with E-state index in [1.54, 1.807) is 6.20 Å². The number of aryl methyl sites for hydroxylation is 2. The van der Waals surface area contributed by atoms with Crippen LogP contribution in [0.5, 0.6) is 0 Å². The van der Waals surface area contributed by atoms with Crippen LogP contribution in [0.3, 0.4) is 0 Å². The van der Waals surface area contributed by atoms with Crippen molar-refractivity contribution in [1.82, 2.24) is 4.57 Å². The first-order chi connectivity index (χ1) is 16.2. The van der Waals surface area contributed by atoms with Crippen molar-refractivity contribution in [3.8, 4) is 0 Å². The Hall–Kier alpha value is -3.24. The van der Waals surface area contributed by atoms with Crippen LogP contribution in [0.15, 0.2) is 85.3 Å². The van der Waals surface area contributed by atoms with Crippen LogP contribution < -0.4 is 4.90 Å². The Kier molecular flexibility index (Phi) is 9.76. The summed E-state index contributed by atoms with van der Waals surface area (Å²) >= 11 is 5.83. The molecule has 34 heavy (non-hydrogen) atoms. The monoisotopic (exact) mass is 471 g/mol. The highest BCUT2D eigenvalue weighted by Gasteiger charge is 2.14. The van der Waals surface area contributed by atoms with Gasteiger partial charge in [0.2, 0.25) is 0 Å². The molecule has 0 saturated carbocycles. The summed E-state index contributed by atoms with van der Waals surface area (Å²) in [5, 5.41) is 8.89. The molecule has 0 radical (unpaired) electrons. The fourth-order valence-electron chi connectivity index (χ4n) is 3.77. The van der Waals surface area contributed by atoms with Crippen molar-refractivity contribution in [2.24, 2.45) is 0 Å². The van der Waals surface area contributed by atoms with E-state index in [1.165, 1.54) is 16.7 Å². The van der Waals surface area contributed by atoms with Crippen molar-refractivity contribution in [2.75, 3.05) is 4.90 Å². The molecular weight excluding hydrogens is 434 g/mol. The van der Waals surface area contributed by atoms with Crippen molar-refractivity contribution in [1.29, 1.82) is 5.41 Å². The van der Waals surface area contributed by atoms with Gasteiger partial charge in [-0.15, -0.1) is 0 Å². The number of benzene rings is 2. The molecule has 1 aromatic heterocycles. The molecule has 1 unspecified atom stereocenters. The van der Waals surface area contributed by atoms with Crippen LogP contribution in [-0.2, 0) is 0 Å². The minimum atomic E-state index is 0.0881. The van der Waals surface area contributed by atoms with Gasteiger partial charge in [0.25, 0.3) is 0 Å². The normalized spacial score (nSPS) is 11.0. The Bertz CT molecular complexity index is 1230. The number of pyridine rings is 1. The topological polar surface area (TPSA) is 32.0 Å². The van der Waals surface area contributed by atoms with Crippen molar-refractivity contribution in [3.63, 3.8) is 0 Å². The third kappa shape index (κ3) is 6.21. The highest BCUT2D eigenvalue weighted by molar-refractivity contribution is 7.71. The second kappa shape index (κ2) is 12.3. The van der Waals surface area contributed by atoms with E-state index in [-0.39, 0.29) is 6.04 Å². The van der Waals surface area contributed by atoms with E-state index in [0.717, 1.165) is 22.4 Å². The second-order valence-electron chi connectivity index (χ2n) is 8.39. The van der Waals surface area contributed by atoms with E-state index in [1.807, 2.05) is 61.5 Å². The van der Waals surface area contributed by atoms with Crippen LogP contribution in [0.4, 0.5) is 5.69 Å². The number of aromatic nitrogens is 1. The molecule has 0 bridgehead atoms. The zero-order chi connectivity index (χ0) is 25.4. The third-order valence-corrected chi connectivity index (χ3v) is 6.01. The molecule has 1 N–H and O–H groups in total. The molecular formula is C30H37N3S. The van der Waals surface area contributed by atoms with Gasteiger partial charge in [-0.05, 0) is 70.0 Å². The first-order valence-electron chi connectivity index (χ1n) is 11.8. The minimum Gasteiger partial charge on any atom is -0.331 e. The lowest BCUT2D eigenvalue weighted by atomic mass is 10.00. The van der Waals surface area contributed by atoms with Gasteiger partial charge in [-0.25, -0.2) is 0 Å². The summed E-state index contributed by atoms with van der Waals surface area (Å²) in [7, 11) is 0. The summed E-state index contributed by atoms with van der Waals surface area (Å²) in [5.74, 6) is 0. The number of hydrogen-bond acceptors (Lipinski definition) is 3. The highest BCUT2D eigenvalue weighted by Crippen LogP contribution is 2.25. The first kappa shape index (κ1) is 27.0. The smallest absolute Gasteiger partial charge is 0.115 e. The van der Waals surface area contributed by atoms with Gasteiger partial charge in [0.1, 0.15) is 4.64 Å². The Labute approximate surface area is 210 Å². The van der Waals surface area contributed by atoms with Crippen molar-refractivity contribution in [3.05, 3.63) is 118 Å². The highest BCUT2D eigenvalue weighted by atomic mass is 32.1. The summed E-state index contributed by atoms with van der Waals surface area (Å²) in [5.41, 5.74) is 7.78. The van der Waals surface area contributed by atoms with Crippen molar-refractivity contribution >= 4 is 23.6 Å². The molecule has 0 aliphatic carbocycles. The zero-order valence-corrected chi connectivity index (χ0v) is 22.3.